The molecule has 3 atom stereocenters. The summed E-state index contributed by atoms with van der Waals surface area (Å²) in [5.74, 6) is -0.392. The van der Waals surface area contributed by atoms with Crippen molar-refractivity contribution in [1.82, 2.24) is 14.8 Å². The summed E-state index contributed by atoms with van der Waals surface area (Å²) in [6.45, 7) is 2.15. The van der Waals surface area contributed by atoms with Gasteiger partial charge in [-0.15, -0.1) is 24.8 Å². The molecular weight excluding hydrogens is 407 g/mol. The highest BCUT2D eigenvalue weighted by molar-refractivity contribution is 5.96. The second-order valence-corrected chi connectivity index (χ2v) is 6.17. The first-order valence-corrected chi connectivity index (χ1v) is 8.48. The van der Waals surface area contributed by atoms with E-state index in [0.29, 0.717) is 24.3 Å². The van der Waals surface area contributed by atoms with Crippen LogP contribution in [0.2, 0.25) is 0 Å². The first-order chi connectivity index (χ1) is 12.6. The van der Waals surface area contributed by atoms with Crippen molar-refractivity contribution in [3.05, 3.63) is 36.9 Å². The zero-order valence-corrected chi connectivity index (χ0v) is 16.9. The van der Waals surface area contributed by atoms with E-state index in [-0.39, 0.29) is 42.7 Å². The summed E-state index contributed by atoms with van der Waals surface area (Å²) < 4.78 is 7.05. The predicted octanol–water partition coefficient (Wildman–Crippen LogP) is 1.77. The molecule has 1 unspecified atom stereocenters. The Balaban J connectivity index is 0.00000196. The Morgan fingerprint density at radius 3 is 2.39 bits per heavy atom. The maximum Gasteiger partial charge on any atom is 0.253 e. The maximum absolute atomic E-state index is 12.2. The van der Waals surface area contributed by atoms with Gasteiger partial charge in [0.05, 0.1) is 6.10 Å². The molecule has 3 rings (SSSR count). The summed E-state index contributed by atoms with van der Waals surface area (Å²) in [7, 11) is 0. The van der Waals surface area contributed by atoms with E-state index in [1.807, 2.05) is 0 Å². The molecule has 2 amide bonds. The van der Waals surface area contributed by atoms with Crippen molar-refractivity contribution >= 4 is 48.0 Å². The fourth-order valence-corrected chi connectivity index (χ4v) is 2.72. The second-order valence-electron chi connectivity index (χ2n) is 6.17. The summed E-state index contributed by atoms with van der Waals surface area (Å²) in [6, 6.07) is 6.41. The van der Waals surface area contributed by atoms with Crippen LogP contribution in [0.3, 0.4) is 0 Å². The number of halogens is 2. The van der Waals surface area contributed by atoms with Crippen molar-refractivity contribution in [2.24, 2.45) is 5.73 Å². The van der Waals surface area contributed by atoms with Crippen molar-refractivity contribution in [1.29, 1.82) is 0 Å². The van der Waals surface area contributed by atoms with Gasteiger partial charge < -0.3 is 21.1 Å². The smallest absolute Gasteiger partial charge is 0.253 e. The Kier molecular flexibility index (Phi) is 9.33. The van der Waals surface area contributed by atoms with Gasteiger partial charge in [0.2, 0.25) is 5.91 Å². The van der Waals surface area contributed by atoms with Crippen molar-refractivity contribution in [2.45, 2.75) is 38.0 Å². The van der Waals surface area contributed by atoms with Gasteiger partial charge in [-0.25, -0.2) is 9.67 Å². The number of amides is 2. The topological polar surface area (TPSA) is 124 Å². The fraction of sp³-hybridized carbons (Fsp3) is 0.412. The van der Waals surface area contributed by atoms with Crippen LogP contribution >= 0.6 is 24.8 Å². The lowest BCUT2D eigenvalue weighted by molar-refractivity contribution is -0.126. The maximum atomic E-state index is 12.2. The Hall–Kier alpha value is -2.20. The van der Waals surface area contributed by atoms with Crippen molar-refractivity contribution in [2.75, 3.05) is 17.2 Å². The van der Waals surface area contributed by atoms with Crippen LogP contribution in [0.25, 0.3) is 0 Å². The zero-order chi connectivity index (χ0) is 18.5. The quantitative estimate of drug-likeness (QED) is 0.641. The number of hydrogen-bond acceptors (Lipinski definition) is 6. The number of benzene rings is 1. The van der Waals surface area contributed by atoms with Crippen LogP contribution in [0.4, 0.5) is 11.4 Å². The van der Waals surface area contributed by atoms with Crippen molar-refractivity contribution < 1.29 is 14.3 Å². The molecule has 154 valence electrons. The van der Waals surface area contributed by atoms with E-state index in [9.17, 15) is 9.59 Å². The molecule has 0 saturated carbocycles. The van der Waals surface area contributed by atoms with Crippen molar-refractivity contribution in [3.63, 3.8) is 0 Å². The molecular formula is C17H24Cl2N6O3. The molecule has 0 radical (unpaired) electrons. The molecule has 1 aliphatic rings. The van der Waals surface area contributed by atoms with Crippen LogP contribution in [0.1, 0.15) is 25.8 Å². The third-order valence-electron chi connectivity index (χ3n) is 4.30. The monoisotopic (exact) mass is 430 g/mol. The van der Waals surface area contributed by atoms with Gasteiger partial charge >= 0.3 is 0 Å². The van der Waals surface area contributed by atoms with Gasteiger partial charge in [-0.05, 0) is 44.0 Å². The second kappa shape index (κ2) is 11.0. The molecule has 1 fully saturated rings. The number of anilines is 2. The van der Waals surface area contributed by atoms with Gasteiger partial charge in [0, 0.05) is 17.9 Å². The normalized spacial score (nSPS) is 19.1. The SMILES string of the molecule is CC(C(=O)Nc1ccc(NC(=O)[C@@H]2CC[C@H](CN)O2)cc1)n1cncn1.Cl.Cl. The number of rotatable bonds is 6. The lowest BCUT2D eigenvalue weighted by Gasteiger charge is -2.14. The predicted molar refractivity (Wildman–Crippen MR) is 110 cm³/mol. The first-order valence-electron chi connectivity index (χ1n) is 8.48. The molecule has 2 heterocycles. The summed E-state index contributed by atoms with van der Waals surface area (Å²) >= 11 is 0. The number of nitrogens with zero attached hydrogens (tertiary/aromatic N) is 3. The number of carbonyl (C=O) groups excluding carboxylic acids is 2. The van der Waals surface area contributed by atoms with E-state index < -0.39 is 12.1 Å². The Morgan fingerprint density at radius 1 is 1.21 bits per heavy atom. The largest absolute Gasteiger partial charge is 0.364 e. The molecule has 0 bridgehead atoms. The van der Waals surface area contributed by atoms with Crippen LogP contribution < -0.4 is 16.4 Å². The number of carbonyl (C=O) groups is 2. The number of hydrogen-bond donors (Lipinski definition) is 3. The first kappa shape index (κ1) is 23.8. The highest BCUT2D eigenvalue weighted by Crippen LogP contribution is 2.21. The van der Waals surface area contributed by atoms with Crippen LogP contribution in [-0.2, 0) is 14.3 Å². The van der Waals surface area contributed by atoms with Crippen LogP contribution in [0, 0.1) is 0 Å². The average Bonchev–Trinajstić information content (AvgIpc) is 3.34. The highest BCUT2D eigenvalue weighted by atomic mass is 35.5. The lowest BCUT2D eigenvalue weighted by atomic mass is 10.2. The minimum Gasteiger partial charge on any atom is -0.364 e. The standard InChI is InChI=1S/C17H22N6O3.2ClH/c1-11(23-10-19-9-20-23)16(24)21-12-2-4-13(5-3-12)22-17(25)15-7-6-14(8-18)26-15;;/h2-5,9-11,14-15H,6-8,18H2,1H3,(H,21,24)(H,22,25);2*1H/t11?,14-,15+;;/m1../s1. The van der Waals surface area contributed by atoms with E-state index >= 15 is 0 Å². The van der Waals surface area contributed by atoms with Crippen LogP contribution in [0.5, 0.6) is 0 Å². The summed E-state index contributed by atoms with van der Waals surface area (Å²) in [6.07, 6.45) is 3.82. The van der Waals surface area contributed by atoms with E-state index in [1.54, 1.807) is 31.2 Å². The molecule has 9 nitrogen and oxygen atoms in total. The molecule has 1 aliphatic heterocycles. The average molecular weight is 431 g/mol. The highest BCUT2D eigenvalue weighted by Gasteiger charge is 2.29. The summed E-state index contributed by atoms with van der Waals surface area (Å²) in [5.41, 5.74) is 6.82. The van der Waals surface area contributed by atoms with Crippen LogP contribution in [-0.4, -0.2) is 45.3 Å². The van der Waals surface area contributed by atoms with Crippen LogP contribution in [0.15, 0.2) is 36.9 Å². The molecule has 1 aromatic carbocycles. The fourth-order valence-electron chi connectivity index (χ4n) is 2.72. The number of nitrogens with two attached hydrogens (primary N) is 1. The van der Waals surface area contributed by atoms with Gasteiger partial charge in [-0.1, -0.05) is 0 Å². The Bertz CT molecular complexity index is 757. The van der Waals surface area contributed by atoms with Gasteiger partial charge in [0.15, 0.2) is 0 Å². The van der Waals surface area contributed by atoms with Gasteiger partial charge in [-0.2, -0.15) is 5.10 Å². The van der Waals surface area contributed by atoms with Crippen molar-refractivity contribution in [3.8, 4) is 0 Å². The third-order valence-corrected chi connectivity index (χ3v) is 4.30. The molecule has 11 heteroatoms. The molecule has 4 N–H and O–H groups in total. The molecule has 1 saturated heterocycles. The van der Waals surface area contributed by atoms with E-state index in [2.05, 4.69) is 20.7 Å². The van der Waals surface area contributed by atoms with Gasteiger partial charge in [0.1, 0.15) is 24.8 Å². The Morgan fingerprint density at radius 2 is 1.86 bits per heavy atom. The minimum absolute atomic E-state index is 0. The van der Waals surface area contributed by atoms with Gasteiger partial charge in [0.25, 0.3) is 5.91 Å². The minimum atomic E-state index is -0.480. The number of ether oxygens (including phenoxy) is 1. The van der Waals surface area contributed by atoms with Gasteiger partial charge in [-0.3, -0.25) is 9.59 Å². The molecule has 0 aliphatic carbocycles. The molecule has 28 heavy (non-hydrogen) atoms. The summed E-state index contributed by atoms with van der Waals surface area (Å²) in [5, 5.41) is 9.57. The summed E-state index contributed by atoms with van der Waals surface area (Å²) in [4.78, 5) is 28.2. The van der Waals surface area contributed by atoms with E-state index in [0.717, 1.165) is 6.42 Å². The molecule has 0 spiro atoms. The lowest BCUT2D eigenvalue weighted by Crippen LogP contribution is -2.29. The zero-order valence-electron chi connectivity index (χ0n) is 15.3. The van der Waals surface area contributed by atoms with E-state index in [4.69, 9.17) is 10.5 Å². The number of nitrogens with one attached hydrogen (secondary N) is 2. The number of aromatic nitrogens is 3. The molecule has 2 aromatic rings. The van der Waals surface area contributed by atoms with E-state index in [1.165, 1.54) is 17.3 Å². The molecule has 1 aromatic heterocycles. The Labute approximate surface area is 175 Å². The third kappa shape index (κ3) is 5.90.